The lowest BCUT2D eigenvalue weighted by atomic mass is 10.1. The van der Waals surface area contributed by atoms with Gasteiger partial charge in [-0.1, -0.05) is 35.8 Å². The maximum Gasteiger partial charge on any atom is 0.277 e. The van der Waals surface area contributed by atoms with E-state index in [4.69, 9.17) is 5.26 Å². The molecule has 0 aliphatic carbocycles. The third-order valence-electron chi connectivity index (χ3n) is 4.66. The Bertz CT molecular complexity index is 1350. The second-order valence-corrected chi connectivity index (χ2v) is 7.39. The van der Waals surface area contributed by atoms with Crippen LogP contribution in [0, 0.1) is 18.3 Å². The molecule has 27 heavy (non-hydrogen) atoms. The fourth-order valence-electron chi connectivity index (χ4n) is 3.24. The number of aryl methyl sites for hydroxylation is 3. The summed E-state index contributed by atoms with van der Waals surface area (Å²) in [5, 5.41) is 9.35. The number of hydrogen-bond acceptors (Lipinski definition) is 5. The lowest BCUT2D eigenvalue weighted by molar-refractivity contribution is 0.759. The summed E-state index contributed by atoms with van der Waals surface area (Å²) in [5.74, 6) is 0. The largest absolute Gasteiger partial charge is 0.308 e. The average Bonchev–Trinajstić information content (AvgIpc) is 2.99. The quantitative estimate of drug-likeness (QED) is 0.550. The van der Waals surface area contributed by atoms with Crippen LogP contribution in [0.1, 0.15) is 12.0 Å². The summed E-state index contributed by atoms with van der Waals surface area (Å²) < 4.78 is 3.88. The highest BCUT2D eigenvalue weighted by Crippen LogP contribution is 2.29. The topological polar surface area (TPSA) is 80.7 Å². The Morgan fingerprint density at radius 3 is 2.70 bits per heavy atom. The minimum absolute atomic E-state index is 0.138. The van der Waals surface area contributed by atoms with E-state index in [0.717, 1.165) is 21.3 Å². The molecule has 2 aromatic heterocycles. The van der Waals surface area contributed by atoms with Gasteiger partial charge in [0.25, 0.3) is 11.1 Å². The number of nitrogens with zero attached hydrogens (tertiary/aromatic N) is 4. The monoisotopic (exact) mass is 376 g/mol. The molecule has 2 heterocycles. The van der Waals surface area contributed by atoms with Crippen molar-refractivity contribution in [1.82, 2.24) is 13.5 Å². The molecule has 0 spiro atoms. The van der Waals surface area contributed by atoms with Crippen molar-refractivity contribution < 1.29 is 0 Å². The summed E-state index contributed by atoms with van der Waals surface area (Å²) in [6.07, 6.45) is 0.261. The first kappa shape index (κ1) is 17.2. The molecule has 0 bridgehead atoms. The molecule has 134 valence electrons. The molecule has 0 fully saturated rings. The van der Waals surface area contributed by atoms with Gasteiger partial charge in [-0.25, -0.2) is 4.98 Å². The number of nitriles is 1. The molecule has 4 aromatic rings. The van der Waals surface area contributed by atoms with Gasteiger partial charge >= 0.3 is 0 Å². The van der Waals surface area contributed by atoms with E-state index in [2.05, 4.69) is 11.1 Å². The minimum atomic E-state index is -0.204. The van der Waals surface area contributed by atoms with Crippen LogP contribution in [-0.2, 0) is 13.6 Å². The number of fused-ring (bicyclic) bond motifs is 2. The Morgan fingerprint density at radius 1 is 1.15 bits per heavy atom. The first-order valence-corrected chi connectivity index (χ1v) is 9.27. The number of hydrogen-bond donors (Lipinski definition) is 0. The predicted molar refractivity (Wildman–Crippen MR) is 107 cm³/mol. The van der Waals surface area contributed by atoms with E-state index in [-0.39, 0.29) is 17.5 Å². The van der Waals surface area contributed by atoms with E-state index in [1.165, 1.54) is 11.5 Å². The van der Waals surface area contributed by atoms with E-state index in [0.29, 0.717) is 23.2 Å². The second kappa shape index (κ2) is 6.49. The van der Waals surface area contributed by atoms with Gasteiger partial charge in [0, 0.05) is 19.2 Å². The molecule has 4 rings (SSSR count). The van der Waals surface area contributed by atoms with Crippen LogP contribution in [0.25, 0.3) is 32.4 Å². The van der Waals surface area contributed by atoms with Gasteiger partial charge < -0.3 is 4.57 Å². The summed E-state index contributed by atoms with van der Waals surface area (Å²) in [6, 6.07) is 13.1. The second-order valence-electron chi connectivity index (χ2n) is 6.36. The molecule has 0 atom stereocenters. The van der Waals surface area contributed by atoms with Crippen molar-refractivity contribution in [3.63, 3.8) is 0 Å². The smallest absolute Gasteiger partial charge is 0.277 e. The Hall–Kier alpha value is -3.24. The lowest BCUT2D eigenvalue weighted by Gasteiger charge is -2.10. The standard InChI is InChI=1S/C20H16N4O2S/c1-12-6-3-9-15-16(12)22-17(20(26)23(15)2)13-7-4-8-14-18(13)27-24(19(14)25)11-5-10-21/h3-4,6-9H,5,11H2,1-2H3. The highest BCUT2D eigenvalue weighted by atomic mass is 32.1. The molecule has 0 saturated carbocycles. The molecule has 2 aromatic carbocycles. The lowest BCUT2D eigenvalue weighted by Crippen LogP contribution is -2.21. The molecular formula is C20H16N4O2S. The van der Waals surface area contributed by atoms with Crippen LogP contribution in [0.2, 0.25) is 0 Å². The van der Waals surface area contributed by atoms with Gasteiger partial charge in [0.15, 0.2) is 0 Å². The van der Waals surface area contributed by atoms with Gasteiger partial charge in [-0.15, -0.1) is 0 Å². The van der Waals surface area contributed by atoms with E-state index >= 15 is 0 Å². The van der Waals surface area contributed by atoms with Gasteiger partial charge in [0.05, 0.1) is 33.6 Å². The fraction of sp³-hybridized carbons (Fsp3) is 0.200. The highest BCUT2D eigenvalue weighted by Gasteiger charge is 2.17. The van der Waals surface area contributed by atoms with Gasteiger partial charge in [-0.05, 0) is 24.6 Å². The fourth-order valence-corrected chi connectivity index (χ4v) is 4.34. The summed E-state index contributed by atoms with van der Waals surface area (Å²) in [7, 11) is 1.73. The summed E-state index contributed by atoms with van der Waals surface area (Å²) in [5.41, 5.74) is 3.16. The SMILES string of the molecule is Cc1cccc2c1nc(-c1cccc3c(=O)n(CCC#N)sc13)c(=O)n2C. The van der Waals surface area contributed by atoms with E-state index in [1.54, 1.807) is 27.7 Å². The van der Waals surface area contributed by atoms with Crippen LogP contribution < -0.4 is 11.1 Å². The Labute approximate surface area is 158 Å². The van der Waals surface area contributed by atoms with Gasteiger partial charge in [0.2, 0.25) is 0 Å². The van der Waals surface area contributed by atoms with Crippen molar-refractivity contribution >= 4 is 32.7 Å². The van der Waals surface area contributed by atoms with Gasteiger partial charge in [-0.3, -0.25) is 13.5 Å². The van der Waals surface area contributed by atoms with Crippen molar-refractivity contribution in [3.8, 4) is 17.3 Å². The predicted octanol–water partition coefficient (Wildman–Crippen LogP) is 3.20. The van der Waals surface area contributed by atoms with Crippen LogP contribution in [0.5, 0.6) is 0 Å². The first-order valence-electron chi connectivity index (χ1n) is 8.49. The van der Waals surface area contributed by atoms with Crippen molar-refractivity contribution in [2.24, 2.45) is 7.05 Å². The van der Waals surface area contributed by atoms with Crippen LogP contribution in [-0.4, -0.2) is 13.5 Å². The molecule has 7 heteroatoms. The Balaban J connectivity index is 2.05. The maximum absolute atomic E-state index is 13.0. The Morgan fingerprint density at radius 2 is 1.93 bits per heavy atom. The molecule has 0 aliphatic heterocycles. The zero-order valence-corrected chi connectivity index (χ0v) is 15.7. The van der Waals surface area contributed by atoms with Crippen molar-refractivity contribution in [3.05, 3.63) is 62.7 Å². The van der Waals surface area contributed by atoms with Gasteiger partial charge in [0.1, 0.15) is 5.69 Å². The number of rotatable bonds is 3. The van der Waals surface area contributed by atoms with Gasteiger partial charge in [-0.2, -0.15) is 5.26 Å². The van der Waals surface area contributed by atoms with E-state index in [1.807, 2.05) is 31.2 Å². The van der Waals surface area contributed by atoms with Crippen LogP contribution >= 0.6 is 11.5 Å². The Kier molecular flexibility index (Phi) is 4.13. The molecule has 0 radical (unpaired) electrons. The average molecular weight is 376 g/mol. The van der Waals surface area contributed by atoms with E-state index < -0.39 is 0 Å². The minimum Gasteiger partial charge on any atom is -0.308 e. The summed E-state index contributed by atoms with van der Waals surface area (Å²) in [6.45, 7) is 2.30. The number of para-hydroxylation sites is 1. The zero-order chi connectivity index (χ0) is 19.1. The molecule has 0 saturated heterocycles. The summed E-state index contributed by atoms with van der Waals surface area (Å²) in [4.78, 5) is 30.2. The van der Waals surface area contributed by atoms with Crippen LogP contribution in [0.4, 0.5) is 0 Å². The number of benzene rings is 2. The normalized spacial score (nSPS) is 11.1. The molecule has 0 unspecified atom stereocenters. The highest BCUT2D eigenvalue weighted by molar-refractivity contribution is 7.14. The van der Waals surface area contributed by atoms with Crippen molar-refractivity contribution in [2.75, 3.05) is 0 Å². The molecule has 0 N–H and O–H groups in total. The van der Waals surface area contributed by atoms with Crippen molar-refractivity contribution in [1.29, 1.82) is 5.26 Å². The number of aromatic nitrogens is 3. The summed E-state index contributed by atoms with van der Waals surface area (Å²) >= 11 is 1.27. The maximum atomic E-state index is 13.0. The third kappa shape index (κ3) is 2.66. The zero-order valence-electron chi connectivity index (χ0n) is 14.9. The molecule has 0 aliphatic rings. The molecule has 6 nitrogen and oxygen atoms in total. The van der Waals surface area contributed by atoms with Crippen molar-refractivity contribution in [2.45, 2.75) is 19.9 Å². The first-order chi connectivity index (χ1) is 13.0. The molecule has 0 amide bonds. The third-order valence-corrected chi connectivity index (χ3v) is 5.86. The van der Waals surface area contributed by atoms with Crippen LogP contribution in [0.15, 0.2) is 46.0 Å². The molecular weight excluding hydrogens is 360 g/mol. The van der Waals surface area contributed by atoms with Crippen LogP contribution in [0.3, 0.4) is 0 Å². The van der Waals surface area contributed by atoms with E-state index in [9.17, 15) is 9.59 Å².